The molecule has 2 atom stereocenters. The molecule has 0 aliphatic carbocycles. The highest BCUT2D eigenvalue weighted by Gasteiger charge is 2.46. The molecule has 1 N–H and O–H groups in total. The van der Waals surface area contributed by atoms with Crippen LogP contribution < -0.4 is 0 Å². The number of hydrogen-bond donors (Lipinski definition) is 1. The van der Waals surface area contributed by atoms with Gasteiger partial charge >= 0.3 is 0 Å². The van der Waals surface area contributed by atoms with Gasteiger partial charge in [0.25, 0.3) is 0 Å². The number of hydrogen-bond acceptors (Lipinski definition) is 2. The maximum Gasteiger partial charge on any atom is 0.0615 e. The first-order valence-electron chi connectivity index (χ1n) is 4.63. The summed E-state index contributed by atoms with van der Waals surface area (Å²) >= 11 is 0. The van der Waals surface area contributed by atoms with Crippen LogP contribution in [0.4, 0.5) is 0 Å². The summed E-state index contributed by atoms with van der Waals surface area (Å²) in [4.78, 5) is 2.48. The molecular formula is C9H17NO. The Hall–Kier alpha value is -0.0800. The topological polar surface area (TPSA) is 23.5 Å². The average Bonchev–Trinajstić information content (AvgIpc) is 2.43. The molecule has 2 heteroatoms. The van der Waals surface area contributed by atoms with Gasteiger partial charge in [0.2, 0.25) is 0 Å². The van der Waals surface area contributed by atoms with E-state index in [-0.39, 0.29) is 5.54 Å². The van der Waals surface area contributed by atoms with Crippen molar-refractivity contribution in [2.45, 2.75) is 31.7 Å². The van der Waals surface area contributed by atoms with E-state index >= 15 is 0 Å². The van der Waals surface area contributed by atoms with Crippen molar-refractivity contribution in [1.29, 1.82) is 0 Å². The van der Waals surface area contributed by atoms with E-state index in [1.165, 1.54) is 32.4 Å². The first-order valence-corrected chi connectivity index (χ1v) is 4.63. The normalized spacial score (nSPS) is 44.7. The SMILES string of the molecule is CC1CN2CCC[C@@]2(CO)C1. The Labute approximate surface area is 68.2 Å². The van der Waals surface area contributed by atoms with Crippen LogP contribution in [0.1, 0.15) is 26.2 Å². The maximum absolute atomic E-state index is 9.30. The van der Waals surface area contributed by atoms with E-state index in [0.717, 1.165) is 5.92 Å². The molecule has 11 heavy (non-hydrogen) atoms. The third kappa shape index (κ3) is 1.00. The minimum Gasteiger partial charge on any atom is -0.394 e. The van der Waals surface area contributed by atoms with Crippen LogP contribution in [0.25, 0.3) is 0 Å². The van der Waals surface area contributed by atoms with Crippen molar-refractivity contribution < 1.29 is 5.11 Å². The standard InChI is InChI=1S/C9H17NO/c1-8-5-9(7-11)3-2-4-10(9)6-8/h8,11H,2-7H2,1H3/t8?,9-/m0/s1. The zero-order chi connectivity index (χ0) is 7.90. The minimum atomic E-state index is 0.208. The van der Waals surface area contributed by atoms with E-state index in [4.69, 9.17) is 0 Å². The number of aliphatic hydroxyl groups is 1. The fourth-order valence-electron chi connectivity index (χ4n) is 2.84. The lowest BCUT2D eigenvalue weighted by Gasteiger charge is -2.29. The van der Waals surface area contributed by atoms with Crippen molar-refractivity contribution in [2.24, 2.45) is 5.92 Å². The molecule has 0 aromatic heterocycles. The summed E-state index contributed by atoms with van der Waals surface area (Å²) in [5.41, 5.74) is 0.208. The molecule has 2 aliphatic heterocycles. The predicted molar refractivity (Wildman–Crippen MR) is 44.4 cm³/mol. The second-order valence-electron chi connectivity index (χ2n) is 4.24. The van der Waals surface area contributed by atoms with Gasteiger partial charge in [-0.1, -0.05) is 6.92 Å². The smallest absolute Gasteiger partial charge is 0.0615 e. The van der Waals surface area contributed by atoms with Crippen LogP contribution >= 0.6 is 0 Å². The Morgan fingerprint density at radius 1 is 1.64 bits per heavy atom. The number of rotatable bonds is 1. The molecule has 2 nitrogen and oxygen atoms in total. The van der Waals surface area contributed by atoms with Gasteiger partial charge in [-0.05, 0) is 31.7 Å². The first kappa shape index (κ1) is 7.56. The zero-order valence-electron chi connectivity index (χ0n) is 7.21. The minimum absolute atomic E-state index is 0.208. The van der Waals surface area contributed by atoms with Crippen molar-refractivity contribution >= 4 is 0 Å². The third-order valence-electron chi connectivity index (χ3n) is 3.30. The van der Waals surface area contributed by atoms with E-state index < -0.39 is 0 Å². The molecule has 64 valence electrons. The number of fused-ring (bicyclic) bond motifs is 1. The molecule has 2 aliphatic rings. The molecule has 0 radical (unpaired) electrons. The summed E-state index contributed by atoms with van der Waals surface area (Å²) in [6, 6.07) is 0. The molecule has 2 saturated heterocycles. The second kappa shape index (κ2) is 2.46. The summed E-state index contributed by atoms with van der Waals surface area (Å²) in [6.45, 7) is 5.08. The Bertz CT molecular complexity index is 160. The van der Waals surface area contributed by atoms with Crippen LogP contribution in [0.3, 0.4) is 0 Å². The summed E-state index contributed by atoms with van der Waals surface area (Å²) < 4.78 is 0. The van der Waals surface area contributed by atoms with E-state index in [9.17, 15) is 5.11 Å². The monoisotopic (exact) mass is 155 g/mol. The van der Waals surface area contributed by atoms with Crippen molar-refractivity contribution in [2.75, 3.05) is 19.7 Å². The lowest BCUT2D eigenvalue weighted by atomic mass is 9.92. The highest BCUT2D eigenvalue weighted by molar-refractivity contribution is 5.01. The molecule has 2 rings (SSSR count). The Kier molecular flexibility index (Phi) is 1.69. The first-order chi connectivity index (χ1) is 5.27. The van der Waals surface area contributed by atoms with Crippen molar-refractivity contribution in [1.82, 2.24) is 4.90 Å². The lowest BCUT2D eigenvalue weighted by Crippen LogP contribution is -2.41. The van der Waals surface area contributed by atoms with Gasteiger partial charge in [0.15, 0.2) is 0 Å². The van der Waals surface area contributed by atoms with Gasteiger partial charge in [0.1, 0.15) is 0 Å². The molecule has 0 spiro atoms. The predicted octanol–water partition coefficient (Wildman–Crippen LogP) is 0.853. The van der Waals surface area contributed by atoms with Crippen molar-refractivity contribution in [3.05, 3.63) is 0 Å². The molecule has 0 aromatic carbocycles. The Morgan fingerprint density at radius 3 is 3.09 bits per heavy atom. The maximum atomic E-state index is 9.30. The van der Waals surface area contributed by atoms with Crippen LogP contribution in [0.2, 0.25) is 0 Å². The molecule has 2 fully saturated rings. The number of nitrogens with zero attached hydrogens (tertiary/aromatic N) is 1. The van der Waals surface area contributed by atoms with Gasteiger partial charge < -0.3 is 5.11 Å². The summed E-state index contributed by atoms with van der Waals surface area (Å²) in [5.74, 6) is 0.794. The van der Waals surface area contributed by atoms with Crippen molar-refractivity contribution in [3.8, 4) is 0 Å². The van der Waals surface area contributed by atoms with E-state index in [1.807, 2.05) is 0 Å². The van der Waals surface area contributed by atoms with Gasteiger partial charge in [-0.2, -0.15) is 0 Å². The van der Waals surface area contributed by atoms with Crippen LogP contribution in [0.5, 0.6) is 0 Å². The quantitative estimate of drug-likeness (QED) is 0.607. The van der Waals surface area contributed by atoms with Gasteiger partial charge in [-0.3, -0.25) is 4.90 Å². The van der Waals surface area contributed by atoms with E-state index in [2.05, 4.69) is 11.8 Å². The van der Waals surface area contributed by atoms with Gasteiger partial charge in [-0.25, -0.2) is 0 Å². The summed E-state index contributed by atoms with van der Waals surface area (Å²) in [5, 5.41) is 9.30. The average molecular weight is 155 g/mol. The van der Waals surface area contributed by atoms with Gasteiger partial charge in [-0.15, -0.1) is 0 Å². The Balaban J connectivity index is 2.15. The van der Waals surface area contributed by atoms with Crippen LogP contribution in [-0.2, 0) is 0 Å². The Morgan fingerprint density at radius 2 is 2.45 bits per heavy atom. The lowest BCUT2D eigenvalue weighted by molar-refractivity contribution is 0.0998. The highest BCUT2D eigenvalue weighted by Crippen LogP contribution is 2.40. The molecule has 1 unspecified atom stereocenters. The molecule has 0 aromatic rings. The van der Waals surface area contributed by atoms with Gasteiger partial charge in [0.05, 0.1) is 6.61 Å². The van der Waals surface area contributed by atoms with Crippen LogP contribution in [-0.4, -0.2) is 35.2 Å². The molecule has 0 amide bonds. The summed E-state index contributed by atoms with van der Waals surface area (Å²) in [7, 11) is 0. The van der Waals surface area contributed by atoms with E-state index in [0.29, 0.717) is 6.61 Å². The molecule has 0 bridgehead atoms. The van der Waals surface area contributed by atoms with Crippen LogP contribution in [0, 0.1) is 5.92 Å². The third-order valence-corrected chi connectivity index (χ3v) is 3.30. The molecule has 2 heterocycles. The van der Waals surface area contributed by atoms with Crippen LogP contribution in [0.15, 0.2) is 0 Å². The molecular weight excluding hydrogens is 138 g/mol. The largest absolute Gasteiger partial charge is 0.394 e. The van der Waals surface area contributed by atoms with Gasteiger partial charge in [0, 0.05) is 12.1 Å². The van der Waals surface area contributed by atoms with E-state index in [1.54, 1.807) is 0 Å². The second-order valence-corrected chi connectivity index (χ2v) is 4.24. The highest BCUT2D eigenvalue weighted by atomic mass is 16.3. The number of aliphatic hydroxyl groups excluding tert-OH is 1. The fraction of sp³-hybridized carbons (Fsp3) is 1.00. The van der Waals surface area contributed by atoms with Crippen molar-refractivity contribution in [3.63, 3.8) is 0 Å². The fourth-order valence-corrected chi connectivity index (χ4v) is 2.84. The zero-order valence-corrected chi connectivity index (χ0v) is 7.21. The molecule has 0 saturated carbocycles. The summed E-state index contributed by atoms with van der Waals surface area (Å²) in [6.07, 6.45) is 3.71.